The highest BCUT2D eigenvalue weighted by atomic mass is 16.7. The van der Waals surface area contributed by atoms with Crippen LogP contribution in [0.4, 0.5) is 0 Å². The van der Waals surface area contributed by atoms with Crippen molar-refractivity contribution in [3.63, 3.8) is 0 Å². The van der Waals surface area contributed by atoms with Crippen molar-refractivity contribution in [2.75, 3.05) is 34.5 Å². The number of unbranched alkanes of at least 4 members (excludes halogenated alkanes) is 1. The third-order valence-corrected chi connectivity index (χ3v) is 4.70. The van der Waals surface area contributed by atoms with Gasteiger partial charge in [0.15, 0.2) is 6.29 Å². The predicted octanol–water partition coefficient (Wildman–Crippen LogP) is 2.14. The number of hydrogen-bond donors (Lipinski definition) is 1. The lowest BCUT2D eigenvalue weighted by atomic mass is 9.98. The van der Waals surface area contributed by atoms with E-state index in [-0.39, 0.29) is 6.61 Å². The van der Waals surface area contributed by atoms with Crippen LogP contribution in [0.1, 0.15) is 25.3 Å². The molecule has 1 heterocycles. The van der Waals surface area contributed by atoms with Crippen LogP contribution in [0.15, 0.2) is 24.3 Å². The Morgan fingerprint density at radius 3 is 2.22 bits per heavy atom. The summed E-state index contributed by atoms with van der Waals surface area (Å²) >= 11 is 0. The van der Waals surface area contributed by atoms with Gasteiger partial charge in [-0.3, -0.25) is 0 Å². The topological polar surface area (TPSA) is 75.6 Å². The third kappa shape index (κ3) is 5.88. The quantitative estimate of drug-likeness (QED) is 0.586. The van der Waals surface area contributed by atoms with Gasteiger partial charge < -0.3 is 33.5 Å². The van der Waals surface area contributed by atoms with Gasteiger partial charge in [-0.15, -0.1) is 0 Å². The maximum Gasteiger partial charge on any atom is 0.186 e. The Morgan fingerprint density at radius 1 is 0.963 bits per heavy atom. The monoisotopic (exact) mass is 384 g/mol. The third-order valence-electron chi connectivity index (χ3n) is 4.70. The van der Waals surface area contributed by atoms with Gasteiger partial charge in [0.1, 0.15) is 30.2 Å². The largest absolute Gasteiger partial charge is 0.497 e. The van der Waals surface area contributed by atoms with E-state index in [0.29, 0.717) is 13.2 Å². The van der Waals surface area contributed by atoms with Crippen molar-refractivity contribution < 1.29 is 33.5 Å². The molecule has 0 unspecified atom stereocenters. The molecule has 0 bridgehead atoms. The lowest BCUT2D eigenvalue weighted by Crippen LogP contribution is -2.61. The van der Waals surface area contributed by atoms with Gasteiger partial charge in [-0.2, -0.15) is 0 Å². The zero-order valence-electron chi connectivity index (χ0n) is 16.6. The van der Waals surface area contributed by atoms with E-state index in [1.165, 1.54) is 0 Å². The van der Waals surface area contributed by atoms with Gasteiger partial charge in [-0.25, -0.2) is 0 Å². The van der Waals surface area contributed by atoms with Crippen LogP contribution >= 0.6 is 0 Å². The molecule has 1 fully saturated rings. The van der Waals surface area contributed by atoms with Gasteiger partial charge in [0.2, 0.25) is 0 Å². The second kappa shape index (κ2) is 11.6. The number of hydrogen-bond acceptors (Lipinski definition) is 7. The second-order valence-corrected chi connectivity index (χ2v) is 6.47. The van der Waals surface area contributed by atoms with E-state index in [1.807, 2.05) is 24.3 Å². The Hall–Kier alpha value is -1.22. The van der Waals surface area contributed by atoms with Crippen LogP contribution in [0.2, 0.25) is 0 Å². The van der Waals surface area contributed by atoms with Gasteiger partial charge in [-0.05, 0) is 24.1 Å². The molecule has 1 aliphatic rings. The lowest BCUT2D eigenvalue weighted by Gasteiger charge is -2.44. The van der Waals surface area contributed by atoms with E-state index in [2.05, 4.69) is 6.92 Å². The zero-order chi connectivity index (χ0) is 19.6. The second-order valence-electron chi connectivity index (χ2n) is 6.47. The molecule has 0 aliphatic carbocycles. The molecule has 27 heavy (non-hydrogen) atoms. The SMILES string of the molecule is CCCCO[C@@H]1O[C@H](CO)[C@H](OCc2ccc(OC)cc2)[C@H](OC)[C@H]1OC. The summed E-state index contributed by atoms with van der Waals surface area (Å²) in [5, 5.41) is 9.82. The fraction of sp³-hybridized carbons (Fsp3) is 0.700. The molecule has 0 radical (unpaired) electrons. The summed E-state index contributed by atoms with van der Waals surface area (Å²) in [6.45, 7) is 2.81. The van der Waals surface area contributed by atoms with Crippen LogP contribution in [0.3, 0.4) is 0 Å². The van der Waals surface area contributed by atoms with Gasteiger partial charge in [-0.1, -0.05) is 25.5 Å². The highest BCUT2D eigenvalue weighted by molar-refractivity contribution is 5.26. The Morgan fingerprint density at radius 2 is 1.67 bits per heavy atom. The molecule has 0 amide bonds. The summed E-state index contributed by atoms with van der Waals surface area (Å²) in [5.41, 5.74) is 0.984. The highest BCUT2D eigenvalue weighted by Crippen LogP contribution is 2.29. The van der Waals surface area contributed by atoms with Crippen LogP contribution < -0.4 is 4.74 Å². The van der Waals surface area contributed by atoms with Crippen molar-refractivity contribution in [3.8, 4) is 5.75 Å². The van der Waals surface area contributed by atoms with Gasteiger partial charge in [0.05, 0.1) is 20.3 Å². The molecular formula is C20H32O7. The fourth-order valence-electron chi connectivity index (χ4n) is 3.14. The van der Waals surface area contributed by atoms with Gasteiger partial charge in [0.25, 0.3) is 0 Å². The molecule has 7 heteroatoms. The molecular weight excluding hydrogens is 352 g/mol. The van der Waals surface area contributed by atoms with Crippen LogP contribution in [-0.2, 0) is 30.3 Å². The van der Waals surface area contributed by atoms with Crippen molar-refractivity contribution in [1.29, 1.82) is 0 Å². The minimum atomic E-state index is -0.607. The summed E-state index contributed by atoms with van der Waals surface area (Å²) in [7, 11) is 4.82. The van der Waals surface area contributed by atoms with E-state index < -0.39 is 30.7 Å². The average Bonchev–Trinajstić information content (AvgIpc) is 2.72. The molecule has 1 N–H and O–H groups in total. The van der Waals surface area contributed by atoms with Crippen molar-refractivity contribution in [2.45, 2.75) is 57.1 Å². The molecule has 1 aromatic carbocycles. The molecule has 7 nitrogen and oxygen atoms in total. The number of aliphatic hydroxyl groups is 1. The normalized spacial score (nSPS) is 28.3. The van der Waals surface area contributed by atoms with E-state index in [0.717, 1.165) is 24.2 Å². The standard InChI is InChI=1S/C20H32O7/c1-5-6-11-25-20-19(24-4)18(23-3)17(16(12-21)27-20)26-13-14-7-9-15(22-2)10-8-14/h7-10,16-21H,5-6,11-13H2,1-4H3/t16-,17+,18+,19-,20-/m1/s1. The smallest absolute Gasteiger partial charge is 0.186 e. The first kappa shape index (κ1) is 22.1. The number of aliphatic hydroxyl groups excluding tert-OH is 1. The maximum atomic E-state index is 9.82. The summed E-state index contributed by atoms with van der Waals surface area (Å²) in [5.74, 6) is 0.786. The predicted molar refractivity (Wildman–Crippen MR) is 99.8 cm³/mol. The summed E-state index contributed by atoms with van der Waals surface area (Å²) < 4.78 is 34.2. The van der Waals surface area contributed by atoms with Gasteiger partial charge >= 0.3 is 0 Å². The maximum absolute atomic E-state index is 9.82. The number of methoxy groups -OCH3 is 3. The Bertz CT molecular complexity index is 522. The first-order valence-electron chi connectivity index (χ1n) is 9.36. The van der Waals surface area contributed by atoms with Crippen LogP contribution in [0.5, 0.6) is 5.75 Å². The average molecular weight is 384 g/mol. The minimum absolute atomic E-state index is 0.197. The molecule has 0 aromatic heterocycles. The zero-order valence-corrected chi connectivity index (χ0v) is 16.6. The van der Waals surface area contributed by atoms with Crippen LogP contribution in [0.25, 0.3) is 0 Å². The summed E-state index contributed by atoms with van der Waals surface area (Å²) in [6.07, 6.45) is -0.584. The molecule has 0 spiro atoms. The number of rotatable bonds is 11. The van der Waals surface area contributed by atoms with Crippen molar-refractivity contribution in [3.05, 3.63) is 29.8 Å². The lowest BCUT2D eigenvalue weighted by molar-refractivity contribution is -0.316. The Labute approximate surface area is 161 Å². The highest BCUT2D eigenvalue weighted by Gasteiger charge is 2.47. The van der Waals surface area contributed by atoms with E-state index in [9.17, 15) is 5.11 Å². The summed E-state index contributed by atoms with van der Waals surface area (Å²) in [6, 6.07) is 7.62. The molecule has 1 aromatic rings. The Kier molecular flexibility index (Phi) is 9.47. The minimum Gasteiger partial charge on any atom is -0.497 e. The van der Waals surface area contributed by atoms with Crippen LogP contribution in [-0.4, -0.2) is 70.4 Å². The number of benzene rings is 1. The van der Waals surface area contributed by atoms with Crippen molar-refractivity contribution >= 4 is 0 Å². The molecule has 2 rings (SSSR count). The van der Waals surface area contributed by atoms with E-state index in [4.69, 9.17) is 28.4 Å². The fourth-order valence-corrected chi connectivity index (χ4v) is 3.14. The van der Waals surface area contributed by atoms with E-state index in [1.54, 1.807) is 21.3 Å². The number of ether oxygens (including phenoxy) is 6. The van der Waals surface area contributed by atoms with E-state index >= 15 is 0 Å². The Balaban J connectivity index is 2.05. The van der Waals surface area contributed by atoms with Crippen LogP contribution in [0, 0.1) is 0 Å². The molecule has 5 atom stereocenters. The van der Waals surface area contributed by atoms with Crippen molar-refractivity contribution in [1.82, 2.24) is 0 Å². The van der Waals surface area contributed by atoms with Gasteiger partial charge in [0, 0.05) is 20.8 Å². The molecule has 154 valence electrons. The first-order valence-corrected chi connectivity index (χ1v) is 9.36. The van der Waals surface area contributed by atoms with Crippen molar-refractivity contribution in [2.24, 2.45) is 0 Å². The molecule has 0 saturated carbocycles. The first-order chi connectivity index (χ1) is 13.2. The molecule has 1 saturated heterocycles. The summed E-state index contributed by atoms with van der Waals surface area (Å²) in [4.78, 5) is 0. The molecule has 1 aliphatic heterocycles.